The summed E-state index contributed by atoms with van der Waals surface area (Å²) in [5.74, 6) is -0.752. The van der Waals surface area contributed by atoms with Crippen molar-refractivity contribution in [1.82, 2.24) is 13.9 Å². The first-order valence-electron chi connectivity index (χ1n) is 7.46. The van der Waals surface area contributed by atoms with E-state index >= 15 is 0 Å². The van der Waals surface area contributed by atoms with Crippen LogP contribution in [0.2, 0.25) is 5.15 Å². The summed E-state index contributed by atoms with van der Waals surface area (Å²) >= 11 is 8.16. The molecular formula is C18H9ClF2IN3S. The van der Waals surface area contributed by atoms with Crippen molar-refractivity contribution in [1.29, 1.82) is 0 Å². The number of aromatic nitrogens is 3. The van der Waals surface area contributed by atoms with Gasteiger partial charge in [-0.2, -0.15) is 0 Å². The Morgan fingerprint density at radius 3 is 2.54 bits per heavy atom. The van der Waals surface area contributed by atoms with E-state index in [1.54, 1.807) is 24.4 Å². The van der Waals surface area contributed by atoms with E-state index in [-0.39, 0.29) is 5.56 Å². The van der Waals surface area contributed by atoms with Crippen LogP contribution < -0.4 is 0 Å². The standard InChI is InChI=1S/C18H9ClF2IN3S/c19-16-6-7-23-18(24-16)12-9-25(26-22)15-5-4-10(8-11(12)15)17-13(20)2-1-3-14(17)21/h1-9H. The summed E-state index contributed by atoms with van der Waals surface area (Å²) in [5.41, 5.74) is 2.03. The number of rotatable bonds is 3. The summed E-state index contributed by atoms with van der Waals surface area (Å²) in [5, 5.41) is 1.12. The lowest BCUT2D eigenvalue weighted by Crippen LogP contribution is -1.90. The Kier molecular flexibility index (Phi) is 4.85. The minimum Gasteiger partial charge on any atom is -0.282 e. The van der Waals surface area contributed by atoms with Gasteiger partial charge in [-0.3, -0.25) is 3.97 Å². The first kappa shape index (κ1) is 17.7. The highest BCUT2D eigenvalue weighted by Crippen LogP contribution is 2.37. The molecule has 0 amide bonds. The van der Waals surface area contributed by atoms with Crippen molar-refractivity contribution in [2.75, 3.05) is 0 Å². The zero-order chi connectivity index (χ0) is 18.3. The Labute approximate surface area is 169 Å². The van der Waals surface area contributed by atoms with Gasteiger partial charge in [0.2, 0.25) is 0 Å². The van der Waals surface area contributed by atoms with E-state index in [0.717, 1.165) is 16.5 Å². The molecule has 0 radical (unpaired) electrons. The quantitative estimate of drug-likeness (QED) is 0.237. The van der Waals surface area contributed by atoms with Gasteiger partial charge in [0.05, 0.1) is 11.1 Å². The molecule has 8 heteroatoms. The van der Waals surface area contributed by atoms with E-state index < -0.39 is 11.6 Å². The Balaban J connectivity index is 1.99. The highest BCUT2D eigenvalue weighted by Gasteiger charge is 2.17. The smallest absolute Gasteiger partial charge is 0.163 e. The van der Waals surface area contributed by atoms with Crippen molar-refractivity contribution >= 4 is 52.8 Å². The lowest BCUT2D eigenvalue weighted by atomic mass is 10.0. The fraction of sp³-hybridized carbons (Fsp3) is 0. The number of nitrogens with zero attached hydrogens (tertiary/aromatic N) is 3. The number of hydrogen-bond acceptors (Lipinski definition) is 3. The summed E-state index contributed by atoms with van der Waals surface area (Å²) in [6.07, 6.45) is 3.46. The first-order valence-corrected chi connectivity index (χ1v) is 11.2. The normalized spacial score (nSPS) is 11.2. The van der Waals surface area contributed by atoms with Crippen LogP contribution in [0, 0.1) is 11.6 Å². The van der Waals surface area contributed by atoms with Crippen LogP contribution in [0.4, 0.5) is 8.78 Å². The van der Waals surface area contributed by atoms with Gasteiger partial charge in [-0.25, -0.2) is 18.7 Å². The summed E-state index contributed by atoms with van der Waals surface area (Å²) < 4.78 is 30.3. The minimum atomic E-state index is -0.604. The fourth-order valence-corrected chi connectivity index (χ4v) is 4.32. The number of benzene rings is 2. The molecule has 4 rings (SSSR count). The Bertz CT molecular complexity index is 1110. The molecule has 0 fully saturated rings. The second kappa shape index (κ2) is 7.13. The number of hydrogen-bond donors (Lipinski definition) is 0. The summed E-state index contributed by atoms with van der Waals surface area (Å²) in [7, 11) is 1.48. The van der Waals surface area contributed by atoms with Gasteiger partial charge in [0.1, 0.15) is 16.8 Å². The van der Waals surface area contributed by atoms with E-state index in [0.29, 0.717) is 16.5 Å². The molecule has 0 aliphatic heterocycles. The van der Waals surface area contributed by atoms with Crippen molar-refractivity contribution in [2.24, 2.45) is 0 Å². The van der Waals surface area contributed by atoms with Crippen LogP contribution in [-0.4, -0.2) is 13.9 Å². The summed E-state index contributed by atoms with van der Waals surface area (Å²) in [6.45, 7) is 0. The monoisotopic (exact) mass is 499 g/mol. The second-order valence-electron chi connectivity index (χ2n) is 5.47. The van der Waals surface area contributed by atoms with E-state index in [9.17, 15) is 8.78 Å². The van der Waals surface area contributed by atoms with Crippen molar-refractivity contribution in [2.45, 2.75) is 0 Å². The lowest BCUT2D eigenvalue weighted by molar-refractivity contribution is 0.589. The lowest BCUT2D eigenvalue weighted by Gasteiger charge is -2.07. The average Bonchev–Trinajstić information content (AvgIpc) is 3.00. The predicted molar refractivity (Wildman–Crippen MR) is 110 cm³/mol. The molecule has 0 saturated heterocycles. The zero-order valence-corrected chi connectivity index (χ0v) is 16.7. The maximum absolute atomic E-state index is 14.2. The van der Waals surface area contributed by atoms with Gasteiger partial charge in [-0.1, -0.05) is 23.7 Å². The van der Waals surface area contributed by atoms with Crippen LogP contribution in [0.3, 0.4) is 0 Å². The predicted octanol–water partition coefficient (Wildman–Crippen LogP) is 6.54. The van der Waals surface area contributed by atoms with Crippen molar-refractivity contribution in [3.63, 3.8) is 0 Å². The van der Waals surface area contributed by atoms with Gasteiger partial charge in [0, 0.05) is 53.7 Å². The maximum Gasteiger partial charge on any atom is 0.163 e. The molecule has 130 valence electrons. The molecule has 0 saturated carbocycles. The highest BCUT2D eigenvalue weighted by atomic mass is 127. The molecule has 3 nitrogen and oxygen atoms in total. The molecule has 0 spiro atoms. The van der Waals surface area contributed by atoms with E-state index in [2.05, 4.69) is 31.2 Å². The maximum atomic E-state index is 14.2. The number of halogens is 4. The van der Waals surface area contributed by atoms with Crippen LogP contribution in [-0.2, 0) is 0 Å². The molecule has 0 bridgehead atoms. The third kappa shape index (κ3) is 3.08. The molecule has 0 aliphatic rings. The van der Waals surface area contributed by atoms with Gasteiger partial charge in [0.25, 0.3) is 0 Å². The molecule has 4 aromatic rings. The third-order valence-corrected chi connectivity index (χ3v) is 5.89. The summed E-state index contributed by atoms with van der Waals surface area (Å²) in [6, 6.07) is 10.7. The number of fused-ring (bicyclic) bond motifs is 1. The van der Waals surface area contributed by atoms with Crippen molar-refractivity contribution < 1.29 is 8.78 Å². The highest BCUT2D eigenvalue weighted by molar-refractivity contribution is 14.2. The van der Waals surface area contributed by atoms with Gasteiger partial charge < -0.3 is 0 Å². The molecule has 2 heterocycles. The Hall–Kier alpha value is -1.71. The first-order chi connectivity index (χ1) is 12.6. The van der Waals surface area contributed by atoms with Gasteiger partial charge >= 0.3 is 0 Å². The van der Waals surface area contributed by atoms with Crippen LogP contribution >= 0.6 is 41.9 Å². The molecule has 0 aliphatic carbocycles. The largest absolute Gasteiger partial charge is 0.282 e. The second-order valence-corrected chi connectivity index (χ2v) is 7.57. The van der Waals surface area contributed by atoms with Crippen LogP contribution in [0.15, 0.2) is 54.9 Å². The fourth-order valence-electron chi connectivity index (χ4n) is 2.83. The molecule has 2 aromatic heterocycles. The van der Waals surface area contributed by atoms with Crippen LogP contribution in [0.25, 0.3) is 33.4 Å². The van der Waals surface area contributed by atoms with E-state index in [4.69, 9.17) is 11.6 Å². The van der Waals surface area contributed by atoms with Crippen molar-refractivity contribution in [3.05, 3.63) is 71.6 Å². The van der Waals surface area contributed by atoms with Crippen LogP contribution in [0.1, 0.15) is 0 Å². The minimum absolute atomic E-state index is 0.0535. The Morgan fingerprint density at radius 1 is 1.08 bits per heavy atom. The van der Waals surface area contributed by atoms with Gasteiger partial charge in [-0.05, 0) is 35.9 Å². The van der Waals surface area contributed by atoms with Gasteiger partial charge in [-0.15, -0.1) is 0 Å². The van der Waals surface area contributed by atoms with Crippen molar-refractivity contribution in [3.8, 4) is 22.5 Å². The SMILES string of the molecule is Fc1cccc(F)c1-c1ccc2c(c1)c(-c1nccc(Cl)n1)cn2SI. The topological polar surface area (TPSA) is 30.7 Å². The molecule has 26 heavy (non-hydrogen) atoms. The average molecular weight is 500 g/mol. The van der Waals surface area contributed by atoms with Crippen LogP contribution in [0.5, 0.6) is 0 Å². The summed E-state index contributed by atoms with van der Waals surface area (Å²) in [4.78, 5) is 8.54. The Morgan fingerprint density at radius 2 is 1.85 bits per heavy atom. The molecule has 0 atom stereocenters. The zero-order valence-electron chi connectivity index (χ0n) is 13.0. The molecular weight excluding hydrogens is 491 g/mol. The van der Waals surface area contributed by atoms with E-state index in [1.807, 2.05) is 16.2 Å². The molecule has 0 unspecified atom stereocenters. The molecule has 2 aromatic carbocycles. The third-order valence-electron chi connectivity index (χ3n) is 3.96. The van der Waals surface area contributed by atoms with E-state index in [1.165, 1.54) is 27.3 Å². The molecule has 0 N–H and O–H groups in total. The van der Waals surface area contributed by atoms with Gasteiger partial charge in [0.15, 0.2) is 5.82 Å².